The highest BCUT2D eigenvalue weighted by Gasteiger charge is 2.34. The molecule has 0 aliphatic carbocycles. The highest BCUT2D eigenvalue weighted by molar-refractivity contribution is 5.80. The fraction of sp³-hybridized carbons (Fsp3) is 0.917. The van der Waals surface area contributed by atoms with Gasteiger partial charge in [-0.25, -0.2) is 5.84 Å². The number of amides is 1. The van der Waals surface area contributed by atoms with E-state index in [4.69, 9.17) is 10.6 Å². The van der Waals surface area contributed by atoms with Crippen LogP contribution in [0.1, 0.15) is 12.8 Å². The Bertz CT molecular complexity index is 359. The minimum Gasteiger partial charge on any atom is -0.364 e. The Morgan fingerprint density at radius 2 is 1.81 bits per heavy atom. The predicted molar refractivity (Wildman–Crippen MR) is 69.2 cm³/mol. The number of nitrogens with two attached hydrogens (primary N) is 1. The summed E-state index contributed by atoms with van der Waals surface area (Å²) in [5.74, 6) is 4.73. The second-order valence-electron chi connectivity index (χ2n) is 5.52. The van der Waals surface area contributed by atoms with Crippen molar-refractivity contribution in [3.8, 4) is 0 Å². The third-order valence-electron chi connectivity index (χ3n) is 3.87. The summed E-state index contributed by atoms with van der Waals surface area (Å²) in [4.78, 5) is 14.8. The molecule has 21 heavy (non-hydrogen) atoms. The Kier molecular flexibility index (Phi) is 5.42. The number of rotatable bonds is 4. The fourth-order valence-electron chi connectivity index (χ4n) is 2.80. The van der Waals surface area contributed by atoms with E-state index < -0.39 is 18.8 Å². The van der Waals surface area contributed by atoms with Crippen molar-refractivity contribution in [1.29, 1.82) is 0 Å². The Morgan fingerprint density at radius 1 is 1.19 bits per heavy atom. The second kappa shape index (κ2) is 6.91. The number of nitrogens with one attached hydrogen (secondary N) is 1. The van der Waals surface area contributed by atoms with Crippen LogP contribution >= 0.6 is 0 Å². The average Bonchev–Trinajstić information content (AvgIpc) is 2.87. The SMILES string of the molecule is NNC(=O)C1CCC(CN2CCN(CC(F)(F)F)CC2)O1. The maximum absolute atomic E-state index is 12.3. The summed E-state index contributed by atoms with van der Waals surface area (Å²) in [6.07, 6.45) is -3.31. The van der Waals surface area contributed by atoms with E-state index in [1.54, 1.807) is 0 Å². The maximum Gasteiger partial charge on any atom is 0.401 e. The molecular formula is C12H21F3N4O2. The van der Waals surface area contributed by atoms with Gasteiger partial charge in [-0.1, -0.05) is 0 Å². The summed E-state index contributed by atoms with van der Waals surface area (Å²) in [6, 6.07) is 0. The van der Waals surface area contributed by atoms with Gasteiger partial charge in [-0.15, -0.1) is 0 Å². The van der Waals surface area contributed by atoms with Crippen molar-refractivity contribution >= 4 is 5.91 Å². The van der Waals surface area contributed by atoms with Crippen LogP contribution in [0, 0.1) is 0 Å². The van der Waals surface area contributed by atoms with Gasteiger partial charge in [0.2, 0.25) is 0 Å². The zero-order valence-electron chi connectivity index (χ0n) is 11.7. The number of carbonyl (C=O) groups is 1. The smallest absolute Gasteiger partial charge is 0.364 e. The molecule has 2 rings (SSSR count). The number of hydrogen-bond acceptors (Lipinski definition) is 5. The number of ether oxygens (including phenoxy) is 1. The minimum atomic E-state index is -4.14. The number of piperazine rings is 1. The van der Waals surface area contributed by atoms with Crippen molar-refractivity contribution in [1.82, 2.24) is 15.2 Å². The molecular weight excluding hydrogens is 289 g/mol. The Labute approximate surface area is 121 Å². The summed E-state index contributed by atoms with van der Waals surface area (Å²) in [7, 11) is 0. The van der Waals surface area contributed by atoms with Crippen LogP contribution in [-0.2, 0) is 9.53 Å². The van der Waals surface area contributed by atoms with Crippen LogP contribution in [-0.4, -0.2) is 73.4 Å². The molecule has 1 amide bonds. The number of carbonyl (C=O) groups excluding carboxylic acids is 1. The average molecular weight is 310 g/mol. The normalized spacial score (nSPS) is 28.8. The third-order valence-corrected chi connectivity index (χ3v) is 3.87. The number of nitrogens with zero attached hydrogens (tertiary/aromatic N) is 2. The van der Waals surface area contributed by atoms with Gasteiger partial charge in [0.15, 0.2) is 0 Å². The third kappa shape index (κ3) is 5.10. The number of halogens is 3. The van der Waals surface area contributed by atoms with Crippen LogP contribution in [0.5, 0.6) is 0 Å². The van der Waals surface area contributed by atoms with Crippen molar-refractivity contribution in [2.45, 2.75) is 31.2 Å². The Morgan fingerprint density at radius 3 is 2.38 bits per heavy atom. The van der Waals surface area contributed by atoms with E-state index in [9.17, 15) is 18.0 Å². The van der Waals surface area contributed by atoms with Gasteiger partial charge in [0, 0.05) is 32.7 Å². The molecule has 0 aromatic heterocycles. The first kappa shape index (κ1) is 16.5. The van der Waals surface area contributed by atoms with E-state index in [0.29, 0.717) is 39.1 Å². The maximum atomic E-state index is 12.3. The van der Waals surface area contributed by atoms with Gasteiger partial charge < -0.3 is 4.74 Å². The van der Waals surface area contributed by atoms with Gasteiger partial charge in [-0.2, -0.15) is 13.2 Å². The molecule has 9 heteroatoms. The topological polar surface area (TPSA) is 70.8 Å². The first-order valence-corrected chi connectivity index (χ1v) is 7.05. The van der Waals surface area contributed by atoms with Crippen molar-refractivity contribution in [2.75, 3.05) is 39.3 Å². The standard InChI is InChI=1S/C12H21F3N4O2/c13-12(14,15)8-19-5-3-18(4-6-19)7-9-1-2-10(21-9)11(20)17-16/h9-10H,1-8,16H2,(H,17,20). The molecule has 2 saturated heterocycles. The second-order valence-corrected chi connectivity index (χ2v) is 5.52. The summed E-state index contributed by atoms with van der Waals surface area (Å²) in [5, 5.41) is 0. The largest absolute Gasteiger partial charge is 0.401 e. The molecule has 0 saturated carbocycles. The highest BCUT2D eigenvalue weighted by Crippen LogP contribution is 2.22. The first-order valence-electron chi connectivity index (χ1n) is 7.05. The van der Waals surface area contributed by atoms with Crippen molar-refractivity contribution in [3.05, 3.63) is 0 Å². The zero-order chi connectivity index (χ0) is 15.5. The summed E-state index contributed by atoms with van der Waals surface area (Å²) >= 11 is 0. The van der Waals surface area contributed by atoms with Crippen molar-refractivity contribution in [2.24, 2.45) is 5.84 Å². The molecule has 0 aromatic carbocycles. The molecule has 2 aliphatic rings. The molecule has 2 heterocycles. The van der Waals surface area contributed by atoms with E-state index >= 15 is 0 Å². The quantitative estimate of drug-likeness (QED) is 0.424. The van der Waals surface area contributed by atoms with E-state index in [1.807, 2.05) is 0 Å². The van der Waals surface area contributed by atoms with Gasteiger partial charge in [0.1, 0.15) is 6.10 Å². The first-order chi connectivity index (χ1) is 9.87. The number of hydrogen-bond donors (Lipinski definition) is 2. The van der Waals surface area contributed by atoms with Crippen molar-refractivity contribution in [3.63, 3.8) is 0 Å². The van der Waals surface area contributed by atoms with Gasteiger partial charge in [-0.05, 0) is 12.8 Å². The monoisotopic (exact) mass is 310 g/mol. The molecule has 6 nitrogen and oxygen atoms in total. The van der Waals surface area contributed by atoms with Crippen LogP contribution in [0.2, 0.25) is 0 Å². The Hall–Kier alpha value is -0.900. The number of alkyl halides is 3. The molecule has 2 atom stereocenters. The lowest BCUT2D eigenvalue weighted by Gasteiger charge is -2.35. The lowest BCUT2D eigenvalue weighted by molar-refractivity contribution is -0.149. The van der Waals surface area contributed by atoms with E-state index in [-0.39, 0.29) is 12.0 Å². The van der Waals surface area contributed by atoms with Gasteiger partial charge >= 0.3 is 6.18 Å². The molecule has 2 unspecified atom stereocenters. The minimum absolute atomic E-state index is 0.0542. The lowest BCUT2D eigenvalue weighted by atomic mass is 10.1. The van der Waals surface area contributed by atoms with E-state index in [2.05, 4.69) is 10.3 Å². The summed E-state index contributed by atoms with van der Waals surface area (Å²) in [6.45, 7) is 1.78. The van der Waals surface area contributed by atoms with Gasteiger partial charge in [-0.3, -0.25) is 20.0 Å². The summed E-state index contributed by atoms with van der Waals surface area (Å²) in [5.41, 5.74) is 2.07. The fourth-order valence-corrected chi connectivity index (χ4v) is 2.80. The predicted octanol–water partition coefficient (Wildman–Crippen LogP) is -0.296. The van der Waals surface area contributed by atoms with Gasteiger partial charge in [0.25, 0.3) is 5.91 Å². The number of hydrazine groups is 1. The van der Waals surface area contributed by atoms with E-state index in [0.717, 1.165) is 6.42 Å². The van der Waals surface area contributed by atoms with Crippen LogP contribution in [0.25, 0.3) is 0 Å². The zero-order valence-corrected chi connectivity index (χ0v) is 11.7. The molecule has 0 radical (unpaired) electrons. The molecule has 122 valence electrons. The lowest BCUT2D eigenvalue weighted by Crippen LogP contribution is -2.50. The Balaban J connectivity index is 1.69. The highest BCUT2D eigenvalue weighted by atomic mass is 19.4. The molecule has 0 spiro atoms. The molecule has 2 fully saturated rings. The van der Waals surface area contributed by atoms with Crippen LogP contribution < -0.4 is 11.3 Å². The van der Waals surface area contributed by atoms with Crippen LogP contribution in [0.15, 0.2) is 0 Å². The summed E-state index contributed by atoms with van der Waals surface area (Å²) < 4.78 is 42.5. The van der Waals surface area contributed by atoms with E-state index in [1.165, 1.54) is 4.90 Å². The van der Waals surface area contributed by atoms with Crippen LogP contribution in [0.3, 0.4) is 0 Å². The molecule has 3 N–H and O–H groups in total. The molecule has 2 aliphatic heterocycles. The molecule has 0 bridgehead atoms. The van der Waals surface area contributed by atoms with Crippen LogP contribution in [0.4, 0.5) is 13.2 Å². The van der Waals surface area contributed by atoms with Crippen molar-refractivity contribution < 1.29 is 22.7 Å². The molecule has 0 aromatic rings. The van der Waals surface area contributed by atoms with Gasteiger partial charge in [0.05, 0.1) is 12.6 Å².